The molecule has 2 N–H and O–H groups in total. The Labute approximate surface area is 126 Å². The van der Waals surface area contributed by atoms with Crippen LogP contribution in [0.15, 0.2) is 18.2 Å². The maximum Gasteiger partial charge on any atom is 0.0458 e. The monoisotopic (exact) mass is 299 g/mol. The minimum Gasteiger partial charge on any atom is -0.321 e. The highest BCUT2D eigenvalue weighted by atomic mass is 35.5. The average Bonchev–Trinajstić information content (AvgIpc) is 2.31. The second-order valence-electron chi connectivity index (χ2n) is 6.40. The van der Waals surface area contributed by atoms with Crippen LogP contribution in [0.5, 0.6) is 0 Å². The summed E-state index contributed by atoms with van der Waals surface area (Å²) in [5, 5.41) is 1.46. The Balaban J connectivity index is 2.49. The van der Waals surface area contributed by atoms with Crippen LogP contribution in [0.4, 0.5) is 0 Å². The van der Waals surface area contributed by atoms with Gasteiger partial charge in [-0.2, -0.15) is 0 Å². The van der Waals surface area contributed by atoms with Crippen LogP contribution in [0.3, 0.4) is 0 Å². The zero-order chi connectivity index (χ0) is 14.2. The number of halogens is 2. The molecule has 0 amide bonds. The molecule has 2 rings (SSSR count). The third-order valence-corrected chi connectivity index (χ3v) is 5.12. The molecule has 1 aromatic carbocycles. The maximum atomic E-state index is 6.84. The summed E-state index contributed by atoms with van der Waals surface area (Å²) in [4.78, 5) is 0. The molecular formula is C16H23Cl2N. The summed E-state index contributed by atoms with van der Waals surface area (Å²) in [5.74, 6) is 1.64. The van der Waals surface area contributed by atoms with Gasteiger partial charge in [-0.25, -0.2) is 0 Å². The third-order valence-electron chi connectivity index (χ3n) is 4.55. The molecule has 0 heterocycles. The van der Waals surface area contributed by atoms with Crippen LogP contribution in [0.2, 0.25) is 10.0 Å². The summed E-state index contributed by atoms with van der Waals surface area (Å²) in [7, 11) is 0. The summed E-state index contributed by atoms with van der Waals surface area (Å²) in [5.41, 5.74) is 7.51. The molecule has 3 atom stereocenters. The Kier molecular flexibility index (Phi) is 4.49. The molecule has 19 heavy (non-hydrogen) atoms. The SMILES string of the molecule is CC1CCC(C(C)C)C(N)(c2cc(Cl)ccc2Cl)C1. The van der Waals surface area contributed by atoms with Crippen molar-refractivity contribution in [1.82, 2.24) is 0 Å². The van der Waals surface area contributed by atoms with Crippen LogP contribution in [0, 0.1) is 17.8 Å². The zero-order valence-electron chi connectivity index (χ0n) is 11.9. The van der Waals surface area contributed by atoms with E-state index in [9.17, 15) is 0 Å². The molecule has 1 aliphatic rings. The van der Waals surface area contributed by atoms with Gasteiger partial charge in [-0.05, 0) is 54.4 Å². The Hall–Kier alpha value is -0.240. The van der Waals surface area contributed by atoms with E-state index in [1.165, 1.54) is 6.42 Å². The van der Waals surface area contributed by atoms with Gasteiger partial charge in [-0.1, -0.05) is 50.4 Å². The smallest absolute Gasteiger partial charge is 0.0458 e. The van der Waals surface area contributed by atoms with Crippen LogP contribution in [0.25, 0.3) is 0 Å². The fourth-order valence-corrected chi connectivity index (χ4v) is 4.11. The first-order valence-electron chi connectivity index (χ1n) is 7.09. The molecule has 1 fully saturated rings. The van der Waals surface area contributed by atoms with E-state index in [1.807, 2.05) is 18.2 Å². The van der Waals surface area contributed by atoms with Crippen LogP contribution in [-0.4, -0.2) is 0 Å². The second kappa shape index (κ2) is 5.63. The first-order valence-corrected chi connectivity index (χ1v) is 7.84. The lowest BCUT2D eigenvalue weighted by Gasteiger charge is -2.46. The van der Waals surface area contributed by atoms with E-state index in [0.29, 0.717) is 22.8 Å². The van der Waals surface area contributed by atoms with E-state index in [0.717, 1.165) is 23.4 Å². The van der Waals surface area contributed by atoms with Crippen molar-refractivity contribution in [2.24, 2.45) is 23.5 Å². The van der Waals surface area contributed by atoms with Gasteiger partial charge in [-0.15, -0.1) is 0 Å². The van der Waals surface area contributed by atoms with Crippen molar-refractivity contribution in [3.8, 4) is 0 Å². The van der Waals surface area contributed by atoms with Crippen LogP contribution >= 0.6 is 23.2 Å². The summed E-state index contributed by atoms with van der Waals surface area (Å²) in [6.07, 6.45) is 3.40. The van der Waals surface area contributed by atoms with E-state index in [1.54, 1.807) is 0 Å². The van der Waals surface area contributed by atoms with Crippen molar-refractivity contribution >= 4 is 23.2 Å². The lowest BCUT2D eigenvalue weighted by Crippen LogP contribution is -2.50. The molecular weight excluding hydrogens is 277 g/mol. The molecule has 1 aliphatic carbocycles. The summed E-state index contributed by atoms with van der Waals surface area (Å²) < 4.78 is 0. The molecule has 0 saturated heterocycles. The molecule has 1 saturated carbocycles. The van der Waals surface area contributed by atoms with Gasteiger partial charge in [0, 0.05) is 15.6 Å². The molecule has 106 valence electrons. The van der Waals surface area contributed by atoms with Gasteiger partial charge in [-0.3, -0.25) is 0 Å². The summed E-state index contributed by atoms with van der Waals surface area (Å²) in [6, 6.07) is 5.65. The molecule has 1 nitrogen and oxygen atoms in total. The van der Waals surface area contributed by atoms with Crippen molar-refractivity contribution in [3.05, 3.63) is 33.8 Å². The Morgan fingerprint density at radius 2 is 1.95 bits per heavy atom. The standard InChI is InChI=1S/C16H23Cl2N/c1-10(2)13-6-4-11(3)9-16(13,19)14-8-12(17)5-7-15(14)18/h5,7-8,10-11,13H,4,6,9,19H2,1-3H3. The fourth-order valence-electron chi connectivity index (χ4n) is 3.64. The van der Waals surface area contributed by atoms with Gasteiger partial charge in [0.05, 0.1) is 0 Å². The van der Waals surface area contributed by atoms with Crippen molar-refractivity contribution in [2.45, 2.75) is 45.6 Å². The second-order valence-corrected chi connectivity index (χ2v) is 7.25. The number of benzene rings is 1. The minimum atomic E-state index is -0.353. The number of rotatable bonds is 2. The van der Waals surface area contributed by atoms with E-state index in [4.69, 9.17) is 28.9 Å². The van der Waals surface area contributed by atoms with Gasteiger partial charge in [0.15, 0.2) is 0 Å². The van der Waals surface area contributed by atoms with E-state index in [2.05, 4.69) is 20.8 Å². The maximum absolute atomic E-state index is 6.84. The predicted molar refractivity (Wildman–Crippen MR) is 83.7 cm³/mol. The van der Waals surface area contributed by atoms with Gasteiger partial charge in [0.25, 0.3) is 0 Å². The molecule has 3 heteroatoms. The predicted octanol–water partition coefficient (Wildman–Crippen LogP) is 5.24. The molecule has 0 aliphatic heterocycles. The molecule has 0 spiro atoms. The topological polar surface area (TPSA) is 26.0 Å². The largest absolute Gasteiger partial charge is 0.321 e. The Morgan fingerprint density at radius 3 is 2.58 bits per heavy atom. The third kappa shape index (κ3) is 2.94. The van der Waals surface area contributed by atoms with Crippen LogP contribution in [0.1, 0.15) is 45.6 Å². The van der Waals surface area contributed by atoms with Crippen molar-refractivity contribution in [1.29, 1.82) is 0 Å². The zero-order valence-corrected chi connectivity index (χ0v) is 13.4. The van der Waals surface area contributed by atoms with Gasteiger partial charge < -0.3 is 5.73 Å². The number of hydrogen-bond acceptors (Lipinski definition) is 1. The van der Waals surface area contributed by atoms with Gasteiger partial charge in [0.2, 0.25) is 0 Å². The first-order chi connectivity index (χ1) is 8.84. The van der Waals surface area contributed by atoms with E-state index in [-0.39, 0.29) is 5.54 Å². The molecule has 0 aromatic heterocycles. The fraction of sp³-hybridized carbons (Fsp3) is 0.625. The summed E-state index contributed by atoms with van der Waals surface area (Å²) in [6.45, 7) is 6.78. The highest BCUT2D eigenvalue weighted by molar-refractivity contribution is 6.33. The number of hydrogen-bond donors (Lipinski definition) is 1. The number of nitrogens with two attached hydrogens (primary N) is 1. The molecule has 0 bridgehead atoms. The van der Waals surface area contributed by atoms with E-state index >= 15 is 0 Å². The molecule has 1 aromatic rings. The van der Waals surface area contributed by atoms with Crippen molar-refractivity contribution in [3.63, 3.8) is 0 Å². The highest BCUT2D eigenvalue weighted by Crippen LogP contribution is 2.47. The first kappa shape index (κ1) is 15.2. The normalized spacial score (nSPS) is 31.7. The summed E-state index contributed by atoms with van der Waals surface area (Å²) >= 11 is 12.5. The lowest BCUT2D eigenvalue weighted by atomic mass is 9.63. The molecule has 0 radical (unpaired) electrons. The van der Waals surface area contributed by atoms with Crippen molar-refractivity contribution in [2.75, 3.05) is 0 Å². The van der Waals surface area contributed by atoms with E-state index < -0.39 is 0 Å². The van der Waals surface area contributed by atoms with Crippen molar-refractivity contribution < 1.29 is 0 Å². The average molecular weight is 300 g/mol. The van der Waals surface area contributed by atoms with Gasteiger partial charge >= 0.3 is 0 Å². The minimum absolute atomic E-state index is 0.353. The molecule has 3 unspecified atom stereocenters. The van der Waals surface area contributed by atoms with Gasteiger partial charge in [0.1, 0.15) is 0 Å². The Morgan fingerprint density at radius 1 is 1.26 bits per heavy atom. The highest BCUT2D eigenvalue weighted by Gasteiger charge is 2.43. The lowest BCUT2D eigenvalue weighted by molar-refractivity contribution is 0.108. The van der Waals surface area contributed by atoms with Crippen LogP contribution < -0.4 is 5.73 Å². The quantitative estimate of drug-likeness (QED) is 0.794. The Bertz CT molecular complexity index is 458. The van der Waals surface area contributed by atoms with Crippen LogP contribution in [-0.2, 0) is 5.54 Å².